The number of nitrogens with one attached hydrogen (secondary N) is 1. The fourth-order valence-corrected chi connectivity index (χ4v) is 1.35. The van der Waals surface area contributed by atoms with Gasteiger partial charge in [0.1, 0.15) is 17.8 Å². The Balaban J connectivity index is 2.28. The first kappa shape index (κ1) is 13.1. The number of amides is 1. The van der Waals surface area contributed by atoms with Crippen LogP contribution in [0.4, 0.5) is 23.2 Å². The van der Waals surface area contributed by atoms with Crippen molar-refractivity contribution in [1.29, 1.82) is 0 Å². The summed E-state index contributed by atoms with van der Waals surface area (Å²) in [5, 5.41) is 5.56. The number of alkyl halides is 3. The quantitative estimate of drug-likeness (QED) is 0.856. The number of anilines is 1. The Kier molecular flexibility index (Phi) is 3.24. The molecule has 0 atom stereocenters. The Morgan fingerprint density at radius 3 is 2.63 bits per heavy atom. The van der Waals surface area contributed by atoms with Crippen LogP contribution < -0.4 is 5.32 Å². The molecule has 19 heavy (non-hydrogen) atoms. The molecule has 1 amide bonds. The number of hydrogen-bond acceptors (Lipinski definition) is 3. The van der Waals surface area contributed by atoms with Crippen molar-refractivity contribution in [3.63, 3.8) is 0 Å². The summed E-state index contributed by atoms with van der Waals surface area (Å²) in [6.45, 7) is 0. The van der Waals surface area contributed by atoms with Crippen LogP contribution in [0.25, 0.3) is 0 Å². The highest BCUT2D eigenvalue weighted by atomic mass is 19.4. The summed E-state index contributed by atoms with van der Waals surface area (Å²) in [5.41, 5.74) is -1.64. The second kappa shape index (κ2) is 4.71. The van der Waals surface area contributed by atoms with Crippen LogP contribution in [0.3, 0.4) is 0 Å². The molecule has 0 aliphatic rings. The van der Waals surface area contributed by atoms with Crippen molar-refractivity contribution in [2.24, 2.45) is 0 Å². The molecule has 1 aromatic heterocycles. The minimum Gasteiger partial charge on any atom is -0.363 e. The average molecular weight is 274 g/mol. The number of hydrogen-bond donors (Lipinski definition) is 1. The van der Waals surface area contributed by atoms with E-state index in [1.54, 1.807) is 0 Å². The maximum atomic E-state index is 13.0. The molecule has 0 spiro atoms. The highest BCUT2D eigenvalue weighted by Gasteiger charge is 2.34. The Labute approximate surface area is 104 Å². The number of halogens is 4. The first-order chi connectivity index (χ1) is 8.88. The number of rotatable bonds is 2. The van der Waals surface area contributed by atoms with Gasteiger partial charge in [0, 0.05) is 5.56 Å². The average Bonchev–Trinajstić information content (AvgIpc) is 2.80. The van der Waals surface area contributed by atoms with Crippen LogP contribution in [0, 0.1) is 5.82 Å². The van der Waals surface area contributed by atoms with Crippen LogP contribution >= 0.6 is 0 Å². The fraction of sp³-hybridized carbons (Fsp3) is 0.0909. The molecule has 8 heteroatoms. The lowest BCUT2D eigenvalue weighted by atomic mass is 10.1. The largest absolute Gasteiger partial charge is 0.419 e. The summed E-state index contributed by atoms with van der Waals surface area (Å²) in [6, 6.07) is 1.98. The monoisotopic (exact) mass is 274 g/mol. The summed E-state index contributed by atoms with van der Waals surface area (Å²) < 4.78 is 54.9. The molecular formula is C11H6F4N2O2. The van der Waals surface area contributed by atoms with Crippen molar-refractivity contribution < 1.29 is 26.9 Å². The van der Waals surface area contributed by atoms with Crippen LogP contribution in [-0.4, -0.2) is 11.1 Å². The summed E-state index contributed by atoms with van der Waals surface area (Å²) in [6.07, 6.45) is -2.59. The van der Waals surface area contributed by atoms with Gasteiger partial charge in [0.05, 0.1) is 11.8 Å². The van der Waals surface area contributed by atoms with Crippen molar-refractivity contribution in [3.8, 4) is 0 Å². The Hall–Kier alpha value is -2.38. The third kappa shape index (κ3) is 2.90. The van der Waals surface area contributed by atoms with E-state index in [0.717, 1.165) is 12.3 Å². The smallest absolute Gasteiger partial charge is 0.363 e. The molecule has 0 radical (unpaired) electrons. The molecule has 0 fully saturated rings. The molecule has 1 heterocycles. The van der Waals surface area contributed by atoms with Crippen molar-refractivity contribution in [1.82, 2.24) is 5.16 Å². The van der Waals surface area contributed by atoms with E-state index in [1.165, 1.54) is 6.20 Å². The topological polar surface area (TPSA) is 55.1 Å². The lowest BCUT2D eigenvalue weighted by Crippen LogP contribution is -2.15. The number of carbonyl (C=O) groups excluding carboxylic acids is 1. The number of carbonyl (C=O) groups is 1. The highest BCUT2D eigenvalue weighted by Crippen LogP contribution is 2.32. The van der Waals surface area contributed by atoms with Crippen LogP contribution in [0.2, 0.25) is 0 Å². The van der Waals surface area contributed by atoms with Gasteiger partial charge >= 0.3 is 6.18 Å². The van der Waals surface area contributed by atoms with Gasteiger partial charge < -0.3 is 9.84 Å². The molecular weight excluding hydrogens is 268 g/mol. The van der Waals surface area contributed by atoms with E-state index >= 15 is 0 Å². The van der Waals surface area contributed by atoms with Crippen LogP contribution in [0.5, 0.6) is 0 Å². The minimum atomic E-state index is -4.86. The number of nitrogens with zero attached hydrogens (tertiary/aromatic N) is 1. The van der Waals surface area contributed by atoms with Gasteiger partial charge in [-0.3, -0.25) is 4.79 Å². The lowest BCUT2D eigenvalue weighted by Gasteiger charge is -2.09. The summed E-state index contributed by atoms with van der Waals surface area (Å²) >= 11 is 0. The first-order valence-corrected chi connectivity index (χ1v) is 4.95. The maximum absolute atomic E-state index is 13.0. The van der Waals surface area contributed by atoms with Gasteiger partial charge in [0.2, 0.25) is 0 Å². The molecule has 0 saturated carbocycles. The molecule has 1 aromatic carbocycles. The molecule has 2 rings (SSSR count). The van der Waals surface area contributed by atoms with E-state index in [0.29, 0.717) is 12.1 Å². The Bertz CT molecular complexity index is 593. The summed E-state index contributed by atoms with van der Waals surface area (Å²) in [4.78, 5) is 11.6. The van der Waals surface area contributed by atoms with Crippen LogP contribution in [0.15, 0.2) is 35.2 Å². The second-order valence-electron chi connectivity index (χ2n) is 3.56. The molecule has 0 bridgehead atoms. The van der Waals surface area contributed by atoms with Gasteiger partial charge in [-0.1, -0.05) is 5.16 Å². The summed E-state index contributed by atoms with van der Waals surface area (Å²) in [5.74, 6) is -2.26. The predicted molar refractivity (Wildman–Crippen MR) is 55.9 cm³/mol. The van der Waals surface area contributed by atoms with Gasteiger partial charge in [-0.2, -0.15) is 13.2 Å². The number of benzene rings is 1. The molecule has 0 unspecified atom stereocenters. The van der Waals surface area contributed by atoms with Crippen molar-refractivity contribution in [2.45, 2.75) is 6.18 Å². The molecule has 2 aromatic rings. The SMILES string of the molecule is O=C(Nc1cnoc1)c1ccc(F)c(C(F)(F)F)c1. The molecule has 1 N–H and O–H groups in total. The molecule has 0 aliphatic carbocycles. The van der Waals surface area contributed by atoms with Gasteiger partial charge in [-0.05, 0) is 18.2 Å². The Morgan fingerprint density at radius 1 is 1.32 bits per heavy atom. The zero-order valence-electron chi connectivity index (χ0n) is 9.16. The van der Waals surface area contributed by atoms with Gasteiger partial charge in [0.15, 0.2) is 0 Å². The van der Waals surface area contributed by atoms with Crippen molar-refractivity contribution >= 4 is 11.6 Å². The summed E-state index contributed by atoms with van der Waals surface area (Å²) in [7, 11) is 0. The standard InChI is InChI=1S/C11H6F4N2O2/c12-9-2-1-6(3-8(9)11(13,14)15)10(18)17-7-4-16-19-5-7/h1-5H,(H,17,18). The van der Waals surface area contributed by atoms with Crippen molar-refractivity contribution in [2.75, 3.05) is 5.32 Å². The van der Waals surface area contributed by atoms with Gasteiger partial charge in [0.25, 0.3) is 5.91 Å². The molecule has 0 aliphatic heterocycles. The van der Waals surface area contributed by atoms with E-state index in [1.807, 2.05) is 0 Å². The maximum Gasteiger partial charge on any atom is 0.419 e. The Morgan fingerprint density at radius 2 is 2.05 bits per heavy atom. The van der Waals surface area contributed by atoms with Gasteiger partial charge in [-0.25, -0.2) is 4.39 Å². The zero-order valence-corrected chi connectivity index (χ0v) is 9.16. The third-order valence-corrected chi connectivity index (χ3v) is 2.22. The molecule has 0 saturated heterocycles. The van der Waals surface area contributed by atoms with E-state index in [4.69, 9.17) is 0 Å². The van der Waals surface area contributed by atoms with Crippen molar-refractivity contribution in [3.05, 3.63) is 47.6 Å². The third-order valence-electron chi connectivity index (χ3n) is 2.22. The van der Waals surface area contributed by atoms with E-state index in [2.05, 4.69) is 15.0 Å². The minimum absolute atomic E-state index is 0.183. The normalized spacial score (nSPS) is 11.4. The van der Waals surface area contributed by atoms with Crippen LogP contribution in [-0.2, 0) is 6.18 Å². The molecule has 4 nitrogen and oxygen atoms in total. The predicted octanol–water partition coefficient (Wildman–Crippen LogP) is 3.08. The van der Waals surface area contributed by atoms with Gasteiger partial charge in [-0.15, -0.1) is 0 Å². The zero-order chi connectivity index (χ0) is 14.0. The van der Waals surface area contributed by atoms with E-state index in [-0.39, 0.29) is 11.3 Å². The lowest BCUT2D eigenvalue weighted by molar-refractivity contribution is -0.140. The second-order valence-corrected chi connectivity index (χ2v) is 3.56. The molecule has 100 valence electrons. The van der Waals surface area contributed by atoms with Crippen LogP contribution in [0.1, 0.15) is 15.9 Å². The van der Waals surface area contributed by atoms with E-state index < -0.39 is 23.5 Å². The highest BCUT2D eigenvalue weighted by molar-refractivity contribution is 6.04. The fourth-order valence-electron chi connectivity index (χ4n) is 1.35. The van der Waals surface area contributed by atoms with E-state index in [9.17, 15) is 22.4 Å². The first-order valence-electron chi connectivity index (χ1n) is 4.95. The number of aromatic nitrogens is 1.